The first kappa shape index (κ1) is 15.3. The number of nitrogens with one attached hydrogen (secondary N) is 2. The van der Waals surface area contributed by atoms with E-state index >= 15 is 0 Å². The minimum atomic E-state index is -0.581. The van der Waals surface area contributed by atoms with Gasteiger partial charge in [-0.25, -0.2) is 4.79 Å². The lowest BCUT2D eigenvalue weighted by molar-refractivity contribution is -0.136. The van der Waals surface area contributed by atoms with Crippen molar-refractivity contribution >= 4 is 34.1 Å². The lowest BCUT2D eigenvalue weighted by atomic mass is 9.91. The fourth-order valence-corrected chi connectivity index (χ4v) is 3.15. The zero-order chi connectivity index (χ0) is 16.6. The van der Waals surface area contributed by atoms with E-state index in [1.807, 2.05) is 30.3 Å². The highest BCUT2D eigenvalue weighted by atomic mass is 32.1. The molecule has 0 aromatic heterocycles. The lowest BCUT2D eigenvalue weighted by Gasteiger charge is -2.30. The molecule has 23 heavy (non-hydrogen) atoms. The molecule has 6 heteroatoms. The quantitative estimate of drug-likeness (QED) is 0.581. The third-order valence-electron chi connectivity index (χ3n) is 3.91. The number of fused-ring (bicyclic) bond motifs is 1. The lowest BCUT2D eigenvalue weighted by Crippen LogP contribution is -2.45. The van der Waals surface area contributed by atoms with Gasteiger partial charge in [0.25, 0.3) is 0 Å². The molecule has 0 fully saturated rings. The van der Waals surface area contributed by atoms with Crippen molar-refractivity contribution in [3.63, 3.8) is 0 Å². The Bertz CT molecular complexity index is 845. The van der Waals surface area contributed by atoms with Gasteiger partial charge in [-0.2, -0.15) is 0 Å². The smallest absolute Gasteiger partial charge is 0.337 e. The van der Waals surface area contributed by atoms with Crippen LogP contribution in [-0.2, 0) is 9.53 Å². The maximum absolute atomic E-state index is 12.2. The number of aromatic hydroxyl groups is 1. The highest BCUT2D eigenvalue weighted by molar-refractivity contribution is 7.80. The SMILES string of the molecule is COC(=O)C1=C(C)NC(=S)NC1c1c(O)ccc2ccccc12. The summed E-state index contributed by atoms with van der Waals surface area (Å²) in [5, 5.41) is 18.6. The van der Waals surface area contributed by atoms with E-state index in [1.165, 1.54) is 7.11 Å². The van der Waals surface area contributed by atoms with Crippen LogP contribution in [0.1, 0.15) is 18.5 Å². The first-order chi connectivity index (χ1) is 11.0. The number of esters is 1. The zero-order valence-electron chi connectivity index (χ0n) is 12.7. The molecule has 0 amide bonds. The van der Waals surface area contributed by atoms with Gasteiger partial charge in [-0.3, -0.25) is 0 Å². The van der Waals surface area contributed by atoms with Crippen LogP contribution in [0.3, 0.4) is 0 Å². The van der Waals surface area contributed by atoms with Crippen LogP contribution >= 0.6 is 12.2 Å². The predicted molar refractivity (Wildman–Crippen MR) is 91.9 cm³/mol. The van der Waals surface area contributed by atoms with Gasteiger partial charge >= 0.3 is 5.97 Å². The summed E-state index contributed by atoms with van der Waals surface area (Å²) >= 11 is 5.21. The first-order valence-corrected chi connectivity index (χ1v) is 7.51. The van der Waals surface area contributed by atoms with E-state index in [1.54, 1.807) is 13.0 Å². The van der Waals surface area contributed by atoms with Gasteiger partial charge in [0.2, 0.25) is 0 Å². The molecule has 1 atom stereocenters. The molecule has 2 aromatic carbocycles. The van der Waals surface area contributed by atoms with Crippen molar-refractivity contribution in [2.75, 3.05) is 7.11 Å². The van der Waals surface area contributed by atoms with Gasteiger partial charge in [0.15, 0.2) is 5.11 Å². The minimum absolute atomic E-state index is 0.0973. The topological polar surface area (TPSA) is 70.6 Å². The molecule has 1 unspecified atom stereocenters. The predicted octanol–water partition coefficient (Wildman–Crippen LogP) is 2.51. The van der Waals surface area contributed by atoms with Crippen molar-refractivity contribution in [1.29, 1.82) is 0 Å². The average Bonchev–Trinajstić information content (AvgIpc) is 2.53. The largest absolute Gasteiger partial charge is 0.508 e. The zero-order valence-corrected chi connectivity index (χ0v) is 13.5. The number of phenolic OH excluding ortho intramolecular Hbond substituents is 1. The molecule has 1 heterocycles. The Morgan fingerprint density at radius 2 is 2.00 bits per heavy atom. The van der Waals surface area contributed by atoms with Gasteiger partial charge < -0.3 is 20.5 Å². The summed E-state index contributed by atoms with van der Waals surface area (Å²) < 4.78 is 4.90. The highest BCUT2D eigenvalue weighted by Gasteiger charge is 2.33. The Kier molecular flexibility index (Phi) is 3.92. The number of benzene rings is 2. The van der Waals surface area contributed by atoms with Gasteiger partial charge in [0.1, 0.15) is 5.75 Å². The molecule has 5 nitrogen and oxygen atoms in total. The van der Waals surface area contributed by atoms with Crippen molar-refractivity contribution in [3.05, 3.63) is 53.2 Å². The number of carbonyl (C=O) groups is 1. The second-order valence-electron chi connectivity index (χ2n) is 5.28. The third-order valence-corrected chi connectivity index (χ3v) is 4.13. The molecule has 0 aliphatic carbocycles. The summed E-state index contributed by atoms with van der Waals surface area (Å²) in [4.78, 5) is 12.2. The Morgan fingerprint density at radius 3 is 2.74 bits per heavy atom. The van der Waals surface area contributed by atoms with E-state index in [2.05, 4.69) is 10.6 Å². The Morgan fingerprint density at radius 1 is 1.26 bits per heavy atom. The molecule has 0 bridgehead atoms. The molecule has 118 valence electrons. The first-order valence-electron chi connectivity index (χ1n) is 7.10. The van der Waals surface area contributed by atoms with E-state index in [0.717, 1.165) is 10.8 Å². The van der Waals surface area contributed by atoms with Crippen LogP contribution in [0.15, 0.2) is 47.7 Å². The number of allylic oxidation sites excluding steroid dienone is 1. The normalized spacial score (nSPS) is 17.7. The number of carbonyl (C=O) groups excluding carboxylic acids is 1. The van der Waals surface area contributed by atoms with Crippen molar-refractivity contribution in [2.45, 2.75) is 13.0 Å². The van der Waals surface area contributed by atoms with E-state index in [9.17, 15) is 9.90 Å². The summed E-state index contributed by atoms with van der Waals surface area (Å²) in [5.41, 5.74) is 1.61. The number of hydrogen-bond donors (Lipinski definition) is 3. The van der Waals surface area contributed by atoms with Gasteiger partial charge in [-0.15, -0.1) is 0 Å². The van der Waals surface area contributed by atoms with E-state index < -0.39 is 12.0 Å². The molecule has 0 saturated heterocycles. The molecule has 0 spiro atoms. The fraction of sp³-hybridized carbons (Fsp3) is 0.176. The Labute approximate surface area is 139 Å². The van der Waals surface area contributed by atoms with Gasteiger partial charge in [-0.05, 0) is 36.0 Å². The number of phenols is 1. The molecular formula is C17H16N2O3S. The average molecular weight is 328 g/mol. The monoisotopic (exact) mass is 328 g/mol. The summed E-state index contributed by atoms with van der Waals surface area (Å²) in [6.07, 6.45) is 0. The van der Waals surface area contributed by atoms with E-state index in [4.69, 9.17) is 17.0 Å². The van der Waals surface area contributed by atoms with Crippen LogP contribution in [0.5, 0.6) is 5.75 Å². The molecule has 0 saturated carbocycles. The van der Waals surface area contributed by atoms with Crippen LogP contribution in [0.4, 0.5) is 0 Å². The standard InChI is InChI=1S/C17H16N2O3S/c1-9-13(16(21)22-2)15(19-17(23)18-9)14-11-6-4-3-5-10(11)7-8-12(14)20/h3-8,15,20H,1-2H3,(H2,18,19,23). The molecule has 1 aliphatic rings. The molecule has 3 rings (SSSR count). The van der Waals surface area contributed by atoms with Crippen LogP contribution in [0.25, 0.3) is 10.8 Å². The van der Waals surface area contributed by atoms with Crippen LogP contribution in [0, 0.1) is 0 Å². The fourth-order valence-electron chi connectivity index (χ4n) is 2.88. The molecule has 1 aliphatic heterocycles. The van der Waals surface area contributed by atoms with Crippen molar-refractivity contribution in [2.24, 2.45) is 0 Å². The maximum atomic E-state index is 12.2. The van der Waals surface area contributed by atoms with E-state index in [-0.39, 0.29) is 5.75 Å². The summed E-state index contributed by atoms with van der Waals surface area (Å²) in [7, 11) is 1.33. The van der Waals surface area contributed by atoms with Crippen LogP contribution < -0.4 is 10.6 Å². The van der Waals surface area contributed by atoms with Gasteiger partial charge in [0.05, 0.1) is 18.7 Å². The molecule has 0 radical (unpaired) electrons. The molecule has 2 aromatic rings. The molecule has 3 N–H and O–H groups in total. The molecular weight excluding hydrogens is 312 g/mol. The maximum Gasteiger partial charge on any atom is 0.337 e. The van der Waals surface area contributed by atoms with Crippen molar-refractivity contribution < 1.29 is 14.6 Å². The summed E-state index contributed by atoms with van der Waals surface area (Å²) in [6, 6.07) is 10.5. The van der Waals surface area contributed by atoms with Gasteiger partial charge in [0, 0.05) is 11.3 Å². The summed E-state index contributed by atoms with van der Waals surface area (Å²) in [6.45, 7) is 1.76. The number of ether oxygens (including phenoxy) is 1. The summed E-state index contributed by atoms with van der Waals surface area (Å²) in [5.74, 6) is -0.373. The second kappa shape index (κ2) is 5.89. The second-order valence-corrected chi connectivity index (χ2v) is 5.69. The minimum Gasteiger partial charge on any atom is -0.508 e. The van der Waals surface area contributed by atoms with E-state index in [0.29, 0.717) is 21.9 Å². The number of hydrogen-bond acceptors (Lipinski definition) is 4. The van der Waals surface area contributed by atoms with Crippen molar-refractivity contribution in [3.8, 4) is 5.75 Å². The van der Waals surface area contributed by atoms with Crippen LogP contribution in [0.2, 0.25) is 0 Å². The number of thiocarbonyl (C=S) groups is 1. The van der Waals surface area contributed by atoms with Gasteiger partial charge in [-0.1, -0.05) is 30.3 Å². The van der Waals surface area contributed by atoms with Crippen molar-refractivity contribution in [1.82, 2.24) is 10.6 Å². The number of methoxy groups -OCH3 is 1. The highest BCUT2D eigenvalue weighted by Crippen LogP contribution is 2.37. The Balaban J connectivity index is 2.27. The Hall–Kier alpha value is -2.60. The third kappa shape index (κ3) is 2.61. The number of rotatable bonds is 2. The van der Waals surface area contributed by atoms with Crippen LogP contribution in [-0.4, -0.2) is 23.3 Å².